The fourth-order valence-corrected chi connectivity index (χ4v) is 14.7. The van der Waals surface area contributed by atoms with Crippen molar-refractivity contribution in [2.45, 2.75) is 63.7 Å². The number of rotatable bonds is 4. The molecule has 0 amide bonds. The molecule has 5 aliphatic rings. The average Bonchev–Trinajstić information content (AvgIpc) is 4.09. The number of anilines is 2. The van der Waals surface area contributed by atoms with Crippen LogP contribution in [0.2, 0.25) is 0 Å². The van der Waals surface area contributed by atoms with E-state index in [1.54, 1.807) is 0 Å². The number of hydrogen-bond acceptors (Lipinski definition) is 2. The van der Waals surface area contributed by atoms with Crippen LogP contribution in [0.4, 0.5) is 11.4 Å². The molecule has 10 aromatic rings. The van der Waals surface area contributed by atoms with Crippen molar-refractivity contribution in [3.05, 3.63) is 259 Å². The fraction of sp³-hybridized carbons (Fsp3) is 0.143. The molecule has 0 aliphatic heterocycles. The molecule has 342 valence electrons. The average molecular weight is 938 g/mol. The van der Waals surface area contributed by atoms with Gasteiger partial charge in [0.25, 0.3) is 0 Å². The molecule has 1 spiro atoms. The van der Waals surface area contributed by atoms with Crippen molar-refractivity contribution in [3.8, 4) is 22.3 Å². The highest BCUT2D eigenvalue weighted by molar-refractivity contribution is 7.17. The lowest BCUT2D eigenvalue weighted by Gasteiger charge is -2.33. The highest BCUT2D eigenvalue weighted by Crippen LogP contribution is 2.64. The predicted molar refractivity (Wildman–Crippen MR) is 305 cm³/mol. The van der Waals surface area contributed by atoms with Crippen molar-refractivity contribution in [3.63, 3.8) is 0 Å². The Kier molecular flexibility index (Phi) is 8.59. The molecule has 5 aliphatic carbocycles. The first-order chi connectivity index (χ1) is 35.1. The van der Waals surface area contributed by atoms with Gasteiger partial charge in [0.15, 0.2) is 0 Å². The van der Waals surface area contributed by atoms with Crippen molar-refractivity contribution in [1.29, 1.82) is 0 Å². The molecule has 0 saturated heterocycles. The molecule has 1 nitrogen and oxygen atoms in total. The Morgan fingerprint density at radius 2 is 1.19 bits per heavy atom. The van der Waals surface area contributed by atoms with Gasteiger partial charge in [-0.05, 0) is 172 Å². The third-order valence-corrected chi connectivity index (χ3v) is 18.0. The number of nitrogens with zero attached hydrogens (tertiary/aromatic N) is 1. The van der Waals surface area contributed by atoms with Crippen molar-refractivity contribution in [2.75, 3.05) is 4.90 Å². The summed E-state index contributed by atoms with van der Waals surface area (Å²) >= 11 is 1.86. The minimum absolute atomic E-state index is 0.0357. The third-order valence-electron chi connectivity index (χ3n) is 16.9. The lowest BCUT2D eigenvalue weighted by Crippen LogP contribution is -2.26. The summed E-state index contributed by atoms with van der Waals surface area (Å²) in [6.45, 7) is 11.7. The van der Waals surface area contributed by atoms with Crippen molar-refractivity contribution >= 4 is 77.3 Å². The van der Waals surface area contributed by atoms with Crippen LogP contribution in [0.15, 0.2) is 205 Å². The van der Waals surface area contributed by atoms with E-state index in [0.29, 0.717) is 0 Å². The van der Waals surface area contributed by atoms with Gasteiger partial charge in [-0.2, -0.15) is 0 Å². The Bertz CT molecular complexity index is 4330. The fourth-order valence-electron chi connectivity index (χ4n) is 13.6. The zero-order chi connectivity index (χ0) is 48.3. The van der Waals surface area contributed by atoms with Crippen LogP contribution in [0.3, 0.4) is 0 Å². The van der Waals surface area contributed by atoms with E-state index in [2.05, 4.69) is 245 Å². The van der Waals surface area contributed by atoms with Crippen molar-refractivity contribution in [1.82, 2.24) is 0 Å². The van der Waals surface area contributed by atoms with Gasteiger partial charge < -0.3 is 4.90 Å². The molecule has 0 bridgehead atoms. The van der Waals surface area contributed by atoms with Gasteiger partial charge in [0.05, 0.1) is 22.0 Å². The quantitative estimate of drug-likeness (QED) is 0.159. The van der Waals surface area contributed by atoms with Crippen LogP contribution < -0.4 is 14.7 Å². The molecular weight excluding hydrogens is 887 g/mol. The van der Waals surface area contributed by atoms with Gasteiger partial charge in [0.2, 0.25) is 0 Å². The van der Waals surface area contributed by atoms with E-state index in [1.165, 1.54) is 120 Å². The minimum Gasteiger partial charge on any atom is -0.303 e. The van der Waals surface area contributed by atoms with Crippen LogP contribution in [0.1, 0.15) is 92.0 Å². The van der Waals surface area contributed by atoms with Gasteiger partial charge >= 0.3 is 0 Å². The largest absolute Gasteiger partial charge is 0.303 e. The molecule has 72 heavy (non-hydrogen) atoms. The number of hydrogen-bond donors (Lipinski definition) is 0. The summed E-state index contributed by atoms with van der Waals surface area (Å²) in [6, 6.07) is 69.4. The molecule has 0 radical (unpaired) electrons. The van der Waals surface area contributed by atoms with Gasteiger partial charge in [-0.1, -0.05) is 186 Å². The lowest BCUT2D eigenvalue weighted by molar-refractivity contribution is 0.591. The van der Waals surface area contributed by atoms with Crippen LogP contribution in [0, 0.1) is 0 Å². The lowest BCUT2D eigenvalue weighted by atomic mass is 9.70. The Morgan fingerprint density at radius 1 is 0.542 bits per heavy atom. The minimum atomic E-state index is -0.471. The molecular formula is C70H51NS. The Morgan fingerprint density at radius 3 is 1.96 bits per heavy atom. The molecule has 1 heterocycles. The maximum atomic E-state index is 3.86. The van der Waals surface area contributed by atoms with Crippen LogP contribution in [0.5, 0.6) is 0 Å². The van der Waals surface area contributed by atoms with Gasteiger partial charge in [-0.3, -0.25) is 0 Å². The molecule has 0 saturated carbocycles. The third kappa shape index (κ3) is 5.61. The standard InChI is InChI=1S/C70H51NS/c1-68(2,3)45-30-36-64-56(39-45)51-33-31-47(41-65(51)72-64)71(63-35-29-42-17-8-9-20-48(42)67(63)53-24-16-28-61-66(53)52-23-12-13-25-57(52)69(61,4)5)46-32-34-60-55(40-46)54-37-43-18-6-7-19-44(43)38-62(54)70(60)58-26-14-10-21-49(58)50-22-11-15-27-59(50)70/h6-15,17-23,25-30,32,34-41H,16,24H2,1-5H3. The molecule has 0 N–H and O–H groups in total. The summed E-state index contributed by atoms with van der Waals surface area (Å²) in [5, 5.41) is 7.41. The van der Waals surface area contributed by atoms with Gasteiger partial charge in [0.1, 0.15) is 0 Å². The summed E-state index contributed by atoms with van der Waals surface area (Å²) in [5.41, 5.74) is 30.6. The zero-order valence-electron chi connectivity index (χ0n) is 41.2. The van der Waals surface area contributed by atoms with E-state index < -0.39 is 5.41 Å². The molecule has 0 fully saturated rings. The molecule has 15 rings (SSSR count). The Hall–Kier alpha value is -7.96. The van der Waals surface area contributed by atoms with Gasteiger partial charge in [-0.25, -0.2) is 0 Å². The number of thiophene rings is 1. The molecule has 0 unspecified atom stereocenters. The maximum absolute atomic E-state index is 3.86. The molecule has 2 heteroatoms. The van der Waals surface area contributed by atoms with E-state index in [-0.39, 0.29) is 10.8 Å². The smallest absolute Gasteiger partial charge is 0.0988 e. The second-order valence-corrected chi connectivity index (χ2v) is 23.2. The first-order valence-electron chi connectivity index (χ1n) is 25.6. The van der Waals surface area contributed by atoms with Gasteiger partial charge in [0, 0.05) is 31.3 Å². The topological polar surface area (TPSA) is 3.24 Å². The number of benzene rings is 9. The molecule has 0 atom stereocenters. The number of fused-ring (bicyclic) bond motifs is 18. The highest BCUT2D eigenvalue weighted by Gasteiger charge is 2.52. The summed E-state index contributed by atoms with van der Waals surface area (Å²) in [6.07, 6.45) is 6.86. The van der Waals surface area contributed by atoms with E-state index in [1.807, 2.05) is 11.3 Å². The first-order valence-corrected chi connectivity index (χ1v) is 26.5. The maximum Gasteiger partial charge on any atom is 0.0988 e. The predicted octanol–water partition coefficient (Wildman–Crippen LogP) is 16.8. The zero-order valence-corrected chi connectivity index (χ0v) is 42.1. The molecule has 1 aromatic heterocycles. The Balaban J connectivity index is 1.05. The SMILES string of the molecule is CC(C)(C)c1ccc2sc3c(c2c1)=C=C=C(N(c1ccc2c(c1)-c1cc4ccccc4cc1C21c2ccccc2-c2ccccc21)c1ccc2ccccc2c1C1=C2C(=CCC1)C(C)(C)c1ccccc12)C=3. The van der Waals surface area contributed by atoms with Crippen LogP contribution in [-0.4, -0.2) is 0 Å². The summed E-state index contributed by atoms with van der Waals surface area (Å²) < 4.78 is 2.49. The molecule has 9 aromatic carbocycles. The summed E-state index contributed by atoms with van der Waals surface area (Å²) in [4.78, 5) is 2.53. The van der Waals surface area contributed by atoms with Crippen molar-refractivity contribution < 1.29 is 0 Å². The van der Waals surface area contributed by atoms with E-state index >= 15 is 0 Å². The van der Waals surface area contributed by atoms with E-state index in [4.69, 9.17) is 0 Å². The normalized spacial score (nSPS) is 16.1. The first kappa shape index (κ1) is 41.8. The summed E-state index contributed by atoms with van der Waals surface area (Å²) in [5.74, 6) is 0. The van der Waals surface area contributed by atoms with E-state index in [0.717, 1.165) is 35.1 Å². The highest BCUT2D eigenvalue weighted by atomic mass is 32.1. The number of allylic oxidation sites excluding steroid dienone is 5. The monoisotopic (exact) mass is 937 g/mol. The Labute approximate surface area is 425 Å². The van der Waals surface area contributed by atoms with Crippen molar-refractivity contribution in [2.24, 2.45) is 0 Å². The second kappa shape index (κ2) is 14.8. The second-order valence-electron chi connectivity index (χ2n) is 22.1. The van der Waals surface area contributed by atoms with Gasteiger partial charge in [-0.15, -0.1) is 11.3 Å². The van der Waals surface area contributed by atoms with Crippen LogP contribution in [-0.2, 0) is 16.2 Å². The van der Waals surface area contributed by atoms with E-state index in [9.17, 15) is 0 Å². The van der Waals surface area contributed by atoms with Crippen LogP contribution in [0.25, 0.3) is 76.8 Å². The van der Waals surface area contributed by atoms with Crippen LogP contribution >= 0.6 is 11.3 Å². The summed E-state index contributed by atoms with van der Waals surface area (Å²) in [7, 11) is 0.